The van der Waals surface area contributed by atoms with Crippen LogP contribution in [-0.4, -0.2) is 24.1 Å². The molecule has 0 saturated heterocycles. The van der Waals surface area contributed by atoms with Crippen molar-refractivity contribution in [3.8, 4) is 0 Å². The molecule has 0 unspecified atom stereocenters. The largest absolute Gasteiger partial charge is 0.465 e. The van der Waals surface area contributed by atoms with Crippen molar-refractivity contribution < 1.29 is 14.0 Å². The highest BCUT2D eigenvalue weighted by molar-refractivity contribution is 7.98. The molecule has 0 bridgehead atoms. The summed E-state index contributed by atoms with van der Waals surface area (Å²) < 4.78 is 5.30. The van der Waals surface area contributed by atoms with E-state index in [1.165, 1.54) is 12.3 Å². The topological polar surface area (TPSA) is 71.3 Å². The number of thioether (sulfide) groups is 1. The highest BCUT2D eigenvalue weighted by Crippen LogP contribution is 2.20. The van der Waals surface area contributed by atoms with Crippen LogP contribution in [0.2, 0.25) is 5.02 Å². The van der Waals surface area contributed by atoms with Crippen molar-refractivity contribution in [2.75, 3.05) is 12.3 Å². The Kier molecular flexibility index (Phi) is 8.38. The van der Waals surface area contributed by atoms with Gasteiger partial charge in [0, 0.05) is 34.7 Å². The third-order valence-electron chi connectivity index (χ3n) is 4.35. The van der Waals surface area contributed by atoms with Gasteiger partial charge in [0.2, 0.25) is 0 Å². The summed E-state index contributed by atoms with van der Waals surface area (Å²) in [6.45, 7) is 2.35. The van der Waals surface area contributed by atoms with Gasteiger partial charge < -0.3 is 15.1 Å². The van der Waals surface area contributed by atoms with Gasteiger partial charge in [-0.3, -0.25) is 9.59 Å². The average Bonchev–Trinajstić information content (AvgIpc) is 3.27. The van der Waals surface area contributed by atoms with E-state index in [-0.39, 0.29) is 17.5 Å². The molecule has 31 heavy (non-hydrogen) atoms. The summed E-state index contributed by atoms with van der Waals surface area (Å²) in [5.74, 6) is 1.20. The smallest absolute Gasteiger partial charge is 0.267 e. The third-order valence-corrected chi connectivity index (χ3v) is 5.73. The summed E-state index contributed by atoms with van der Waals surface area (Å²) in [4.78, 5) is 25.4. The Morgan fingerprint density at radius 1 is 1.10 bits per heavy atom. The van der Waals surface area contributed by atoms with Gasteiger partial charge in [-0.1, -0.05) is 47.5 Å². The van der Waals surface area contributed by atoms with Gasteiger partial charge in [0.1, 0.15) is 11.5 Å². The summed E-state index contributed by atoms with van der Waals surface area (Å²) >= 11 is 7.83. The molecule has 0 aliphatic rings. The third kappa shape index (κ3) is 7.05. The molecule has 160 valence electrons. The number of carbonyl (C=O) groups excluding carboxylic acids is 2. The van der Waals surface area contributed by atoms with Crippen molar-refractivity contribution >= 4 is 41.3 Å². The zero-order valence-corrected chi connectivity index (χ0v) is 18.6. The number of hydrogen-bond donors (Lipinski definition) is 2. The Morgan fingerprint density at radius 3 is 2.68 bits per heavy atom. The zero-order chi connectivity index (χ0) is 22.1. The minimum atomic E-state index is -0.379. The second-order valence-electron chi connectivity index (χ2n) is 6.80. The molecule has 3 rings (SSSR count). The first-order chi connectivity index (χ1) is 15.0. The van der Waals surface area contributed by atoms with Crippen LogP contribution in [0.5, 0.6) is 0 Å². The van der Waals surface area contributed by atoms with E-state index in [1.54, 1.807) is 42.1 Å². The molecule has 1 aromatic heterocycles. The minimum absolute atomic E-state index is 0.123. The molecule has 0 saturated carbocycles. The van der Waals surface area contributed by atoms with Crippen molar-refractivity contribution in [3.63, 3.8) is 0 Å². The summed E-state index contributed by atoms with van der Waals surface area (Å²) in [5.41, 5.74) is 2.62. The van der Waals surface area contributed by atoms with Crippen molar-refractivity contribution in [2.45, 2.75) is 12.7 Å². The van der Waals surface area contributed by atoms with Gasteiger partial charge >= 0.3 is 0 Å². The van der Waals surface area contributed by atoms with Crippen molar-refractivity contribution in [1.29, 1.82) is 0 Å². The maximum Gasteiger partial charge on any atom is 0.267 e. The van der Waals surface area contributed by atoms with Crippen LogP contribution in [0.1, 0.15) is 27.2 Å². The number of carbonyl (C=O) groups is 2. The van der Waals surface area contributed by atoms with Gasteiger partial charge in [0.25, 0.3) is 11.8 Å². The van der Waals surface area contributed by atoms with Crippen molar-refractivity contribution in [3.05, 3.63) is 100 Å². The van der Waals surface area contributed by atoms with Crippen LogP contribution in [0.25, 0.3) is 6.08 Å². The number of nitrogens with one attached hydrogen (secondary N) is 2. The molecule has 2 N–H and O–H groups in total. The Bertz CT molecular complexity index is 1060. The lowest BCUT2D eigenvalue weighted by atomic mass is 10.1. The first-order valence-electron chi connectivity index (χ1n) is 9.75. The number of hydrogen-bond acceptors (Lipinski definition) is 4. The predicted octanol–water partition coefficient (Wildman–Crippen LogP) is 5.06. The molecule has 0 radical (unpaired) electrons. The van der Waals surface area contributed by atoms with E-state index in [2.05, 4.69) is 10.6 Å². The summed E-state index contributed by atoms with van der Waals surface area (Å²) in [6, 6.07) is 18.3. The lowest BCUT2D eigenvalue weighted by Crippen LogP contribution is -2.35. The van der Waals surface area contributed by atoms with E-state index in [4.69, 9.17) is 16.0 Å². The van der Waals surface area contributed by atoms with E-state index in [0.29, 0.717) is 23.6 Å². The molecule has 0 spiro atoms. The quantitative estimate of drug-likeness (QED) is 0.350. The highest BCUT2D eigenvalue weighted by Gasteiger charge is 2.15. The van der Waals surface area contributed by atoms with Gasteiger partial charge in [-0.25, -0.2) is 0 Å². The first-order valence-corrected chi connectivity index (χ1v) is 11.3. The standard InChI is InChI=1S/C24H23ClN2O3S/c1-17-6-4-8-18(14-17)23(28)27-22(15-20-9-5-12-30-20)24(29)26-11-13-31-16-19-7-2-3-10-21(19)25/h2-10,12,14-15H,11,13,16H2,1H3,(H,26,29)(H,27,28)/b22-15-. The lowest BCUT2D eigenvalue weighted by Gasteiger charge is -2.11. The molecule has 1 heterocycles. The van der Waals surface area contributed by atoms with Crippen molar-refractivity contribution in [2.24, 2.45) is 0 Å². The Hall–Kier alpha value is -2.96. The second-order valence-corrected chi connectivity index (χ2v) is 8.31. The zero-order valence-electron chi connectivity index (χ0n) is 17.1. The van der Waals surface area contributed by atoms with Crippen LogP contribution in [-0.2, 0) is 10.5 Å². The SMILES string of the molecule is Cc1cccc(C(=O)N/C(=C\c2ccco2)C(=O)NCCSCc2ccccc2Cl)c1. The van der Waals surface area contributed by atoms with E-state index in [0.717, 1.165) is 21.9 Å². The van der Waals surface area contributed by atoms with Crippen LogP contribution >= 0.6 is 23.4 Å². The van der Waals surface area contributed by atoms with Gasteiger partial charge in [-0.15, -0.1) is 0 Å². The number of benzene rings is 2. The predicted molar refractivity (Wildman–Crippen MR) is 126 cm³/mol. The van der Waals surface area contributed by atoms with Crippen LogP contribution in [0.4, 0.5) is 0 Å². The molecule has 0 fully saturated rings. The van der Waals surface area contributed by atoms with Crippen molar-refractivity contribution in [1.82, 2.24) is 10.6 Å². The normalized spacial score (nSPS) is 11.2. The molecule has 2 aromatic carbocycles. The first kappa shape index (κ1) is 22.7. The number of rotatable bonds is 9. The molecule has 3 aromatic rings. The number of halogens is 1. The minimum Gasteiger partial charge on any atom is -0.465 e. The number of aryl methyl sites for hydroxylation is 1. The highest BCUT2D eigenvalue weighted by atomic mass is 35.5. The number of amides is 2. The fraction of sp³-hybridized carbons (Fsp3) is 0.167. The number of furan rings is 1. The fourth-order valence-electron chi connectivity index (χ4n) is 2.78. The Morgan fingerprint density at radius 2 is 1.94 bits per heavy atom. The fourth-order valence-corrected chi connectivity index (χ4v) is 3.93. The average molecular weight is 455 g/mol. The maximum atomic E-state index is 12.7. The summed E-state index contributed by atoms with van der Waals surface area (Å²) in [5, 5.41) is 6.28. The molecule has 0 aliphatic heterocycles. The van der Waals surface area contributed by atoms with E-state index in [9.17, 15) is 9.59 Å². The monoisotopic (exact) mass is 454 g/mol. The molecule has 0 atom stereocenters. The molecular formula is C24H23ClN2O3S. The van der Waals surface area contributed by atoms with Crippen LogP contribution in [0.15, 0.2) is 77.0 Å². The van der Waals surface area contributed by atoms with Crippen LogP contribution < -0.4 is 10.6 Å². The van der Waals surface area contributed by atoms with Gasteiger partial charge in [-0.2, -0.15) is 11.8 Å². The van der Waals surface area contributed by atoms with Gasteiger partial charge in [0.05, 0.1) is 6.26 Å². The van der Waals surface area contributed by atoms with E-state index in [1.807, 2.05) is 37.3 Å². The maximum absolute atomic E-state index is 12.7. The molecule has 0 aliphatic carbocycles. The summed E-state index contributed by atoms with van der Waals surface area (Å²) in [7, 11) is 0. The van der Waals surface area contributed by atoms with Crippen LogP contribution in [0.3, 0.4) is 0 Å². The van der Waals surface area contributed by atoms with Crippen LogP contribution in [0, 0.1) is 6.92 Å². The molecule has 5 nitrogen and oxygen atoms in total. The second kappa shape index (κ2) is 11.4. The Balaban J connectivity index is 1.58. The molecule has 2 amide bonds. The van der Waals surface area contributed by atoms with Gasteiger partial charge in [-0.05, 0) is 42.8 Å². The van der Waals surface area contributed by atoms with E-state index < -0.39 is 0 Å². The Labute approximate surface area is 190 Å². The molecular weight excluding hydrogens is 432 g/mol. The lowest BCUT2D eigenvalue weighted by molar-refractivity contribution is -0.117. The summed E-state index contributed by atoms with van der Waals surface area (Å²) in [6.07, 6.45) is 3.02. The van der Waals surface area contributed by atoms with E-state index >= 15 is 0 Å². The van der Waals surface area contributed by atoms with Gasteiger partial charge in [0.15, 0.2) is 0 Å². The molecule has 7 heteroatoms.